The summed E-state index contributed by atoms with van der Waals surface area (Å²) in [6.45, 7) is 0.826. The van der Waals surface area contributed by atoms with Crippen LogP contribution in [0.1, 0.15) is 51.4 Å². The number of sulfone groups is 1. The van der Waals surface area contributed by atoms with Crippen LogP contribution in [-0.4, -0.2) is 49.5 Å². The second-order valence-corrected chi connectivity index (χ2v) is 9.08. The van der Waals surface area contributed by atoms with Crippen LogP contribution >= 0.6 is 0 Å². The lowest BCUT2D eigenvalue weighted by atomic mass is 9.83. The minimum absolute atomic E-state index is 0.0369. The summed E-state index contributed by atoms with van der Waals surface area (Å²) in [7, 11) is -2.93. The fraction of sp³-hybridized carbons (Fsp3) is 0.933. The van der Waals surface area contributed by atoms with Gasteiger partial charge < -0.3 is 10.2 Å². The van der Waals surface area contributed by atoms with Crippen LogP contribution in [0.3, 0.4) is 0 Å². The lowest BCUT2D eigenvalue weighted by Crippen LogP contribution is -2.49. The number of nitrogens with zero attached hydrogens (tertiary/aromatic N) is 1. The minimum atomic E-state index is -2.93. The highest BCUT2D eigenvalue weighted by molar-refractivity contribution is 7.91. The number of nitrogens with one attached hydrogen (secondary N) is 1. The van der Waals surface area contributed by atoms with Crippen molar-refractivity contribution in [1.29, 1.82) is 0 Å². The van der Waals surface area contributed by atoms with Crippen LogP contribution in [0.4, 0.5) is 4.79 Å². The first kappa shape index (κ1) is 15.1. The molecule has 3 fully saturated rings. The molecule has 2 atom stereocenters. The molecule has 1 saturated carbocycles. The Morgan fingerprint density at radius 2 is 1.76 bits per heavy atom. The van der Waals surface area contributed by atoms with E-state index in [9.17, 15) is 13.2 Å². The average Bonchev–Trinajstić information content (AvgIpc) is 3.06. The molecule has 2 aliphatic heterocycles. The zero-order chi connectivity index (χ0) is 14.9. The predicted molar refractivity (Wildman–Crippen MR) is 81.9 cm³/mol. The molecule has 6 heteroatoms. The molecule has 2 saturated heterocycles. The van der Waals surface area contributed by atoms with Crippen LogP contribution in [-0.2, 0) is 9.84 Å². The number of rotatable bonds is 2. The highest BCUT2D eigenvalue weighted by atomic mass is 32.2. The molecular weight excluding hydrogens is 288 g/mol. The summed E-state index contributed by atoms with van der Waals surface area (Å²) < 4.78 is 23.0. The van der Waals surface area contributed by atoms with Crippen molar-refractivity contribution in [1.82, 2.24) is 10.2 Å². The van der Waals surface area contributed by atoms with Crippen molar-refractivity contribution in [2.24, 2.45) is 5.92 Å². The fourth-order valence-corrected chi connectivity index (χ4v) is 5.89. The van der Waals surface area contributed by atoms with Crippen LogP contribution in [0.15, 0.2) is 0 Å². The minimum Gasteiger partial charge on any atom is -0.334 e. The van der Waals surface area contributed by atoms with Crippen molar-refractivity contribution >= 4 is 15.9 Å². The molecule has 3 aliphatic rings. The molecule has 0 bridgehead atoms. The first-order valence-corrected chi connectivity index (χ1v) is 10.1. The molecule has 1 N–H and O–H groups in total. The number of urea groups is 1. The van der Waals surface area contributed by atoms with Crippen molar-refractivity contribution in [2.45, 2.75) is 63.5 Å². The molecule has 2 heterocycles. The van der Waals surface area contributed by atoms with Gasteiger partial charge in [-0.1, -0.05) is 19.3 Å². The van der Waals surface area contributed by atoms with E-state index in [1.165, 1.54) is 32.1 Å². The number of hydrogen-bond donors (Lipinski definition) is 1. The van der Waals surface area contributed by atoms with E-state index in [1.54, 1.807) is 0 Å². The molecular formula is C15H26N2O3S. The largest absolute Gasteiger partial charge is 0.334 e. The van der Waals surface area contributed by atoms with Crippen LogP contribution in [0, 0.1) is 5.92 Å². The van der Waals surface area contributed by atoms with E-state index in [4.69, 9.17) is 0 Å². The number of carbonyl (C=O) groups excluding carboxylic acids is 1. The van der Waals surface area contributed by atoms with E-state index in [1.807, 2.05) is 4.90 Å². The third-order valence-electron chi connectivity index (χ3n) is 5.31. The molecule has 21 heavy (non-hydrogen) atoms. The standard InChI is InChI=1S/C15H26N2O3S/c18-15(16-13-8-10-21(19,20)11-13)17-9-4-7-14(17)12-5-2-1-3-6-12/h12-14H,1-11H2,(H,16,18)/t13-,14-/m0/s1. The summed E-state index contributed by atoms with van der Waals surface area (Å²) in [5, 5.41) is 2.95. The van der Waals surface area contributed by atoms with Crippen molar-refractivity contribution < 1.29 is 13.2 Å². The number of likely N-dealkylation sites (tertiary alicyclic amines) is 1. The van der Waals surface area contributed by atoms with Gasteiger partial charge in [-0.2, -0.15) is 0 Å². The Bertz CT molecular complexity index is 485. The van der Waals surface area contributed by atoms with E-state index in [0.717, 1.165) is 19.4 Å². The van der Waals surface area contributed by atoms with Gasteiger partial charge in [0.05, 0.1) is 11.5 Å². The zero-order valence-corrected chi connectivity index (χ0v) is 13.4. The van der Waals surface area contributed by atoms with Crippen molar-refractivity contribution in [3.63, 3.8) is 0 Å². The second-order valence-electron chi connectivity index (χ2n) is 6.85. The Labute approximate surface area is 127 Å². The van der Waals surface area contributed by atoms with Gasteiger partial charge in [0.1, 0.15) is 0 Å². The molecule has 0 aromatic carbocycles. The number of hydrogen-bond acceptors (Lipinski definition) is 3. The SMILES string of the molecule is O=C(N[C@H]1CCS(=O)(=O)C1)N1CCC[C@H]1C1CCCCC1. The number of amides is 2. The summed E-state index contributed by atoms with van der Waals surface area (Å²) >= 11 is 0. The molecule has 0 unspecified atom stereocenters. The molecule has 1 aliphatic carbocycles. The molecule has 5 nitrogen and oxygen atoms in total. The van der Waals surface area contributed by atoms with Gasteiger partial charge in [0.15, 0.2) is 9.84 Å². The molecule has 120 valence electrons. The first-order valence-electron chi connectivity index (χ1n) is 8.33. The van der Waals surface area contributed by atoms with E-state index in [0.29, 0.717) is 18.4 Å². The molecule has 3 rings (SSSR count). The molecule has 0 spiro atoms. The van der Waals surface area contributed by atoms with Gasteiger partial charge in [0, 0.05) is 18.6 Å². The summed E-state index contributed by atoms with van der Waals surface area (Å²) in [5.41, 5.74) is 0. The van der Waals surface area contributed by atoms with E-state index < -0.39 is 9.84 Å². The maximum Gasteiger partial charge on any atom is 0.317 e. The van der Waals surface area contributed by atoms with Gasteiger partial charge in [0.25, 0.3) is 0 Å². The van der Waals surface area contributed by atoms with Crippen LogP contribution in [0.2, 0.25) is 0 Å². The van der Waals surface area contributed by atoms with Gasteiger partial charge in [0.2, 0.25) is 0 Å². The monoisotopic (exact) mass is 314 g/mol. The molecule has 0 aromatic rings. The lowest BCUT2D eigenvalue weighted by Gasteiger charge is -2.34. The fourth-order valence-electron chi connectivity index (χ4n) is 4.22. The highest BCUT2D eigenvalue weighted by Crippen LogP contribution is 2.34. The Kier molecular flexibility index (Phi) is 4.43. The highest BCUT2D eigenvalue weighted by Gasteiger charge is 2.37. The van der Waals surface area contributed by atoms with Gasteiger partial charge in [-0.05, 0) is 38.0 Å². The summed E-state index contributed by atoms with van der Waals surface area (Å²) in [6, 6.07) is 0.156. The Balaban J connectivity index is 1.58. The maximum absolute atomic E-state index is 12.5. The predicted octanol–water partition coefficient (Wildman–Crippen LogP) is 1.93. The Morgan fingerprint density at radius 3 is 2.43 bits per heavy atom. The second kappa shape index (κ2) is 6.15. The molecule has 2 amide bonds. The zero-order valence-electron chi connectivity index (χ0n) is 12.6. The van der Waals surface area contributed by atoms with Crippen LogP contribution < -0.4 is 5.32 Å². The summed E-state index contributed by atoms with van der Waals surface area (Å²) in [6.07, 6.45) is 9.15. The maximum atomic E-state index is 12.5. The summed E-state index contributed by atoms with van der Waals surface area (Å²) in [4.78, 5) is 14.5. The normalized spacial score (nSPS) is 33.2. The van der Waals surface area contributed by atoms with Gasteiger partial charge in [-0.25, -0.2) is 13.2 Å². The van der Waals surface area contributed by atoms with Crippen molar-refractivity contribution in [3.05, 3.63) is 0 Å². The van der Waals surface area contributed by atoms with Gasteiger partial charge in [-0.15, -0.1) is 0 Å². The van der Waals surface area contributed by atoms with Crippen molar-refractivity contribution in [2.75, 3.05) is 18.1 Å². The quantitative estimate of drug-likeness (QED) is 0.847. The van der Waals surface area contributed by atoms with Crippen molar-refractivity contribution in [3.8, 4) is 0 Å². The molecule has 0 radical (unpaired) electrons. The Morgan fingerprint density at radius 1 is 1.00 bits per heavy atom. The van der Waals surface area contributed by atoms with Crippen LogP contribution in [0.25, 0.3) is 0 Å². The summed E-state index contributed by atoms with van der Waals surface area (Å²) in [5.74, 6) is 0.976. The average molecular weight is 314 g/mol. The van der Waals surface area contributed by atoms with Crippen LogP contribution in [0.5, 0.6) is 0 Å². The van der Waals surface area contributed by atoms with Gasteiger partial charge in [-0.3, -0.25) is 0 Å². The van der Waals surface area contributed by atoms with E-state index in [-0.39, 0.29) is 23.6 Å². The topological polar surface area (TPSA) is 66.5 Å². The van der Waals surface area contributed by atoms with Gasteiger partial charge >= 0.3 is 6.03 Å². The van der Waals surface area contributed by atoms with E-state index in [2.05, 4.69) is 5.32 Å². The Hall–Kier alpha value is -0.780. The van der Waals surface area contributed by atoms with E-state index >= 15 is 0 Å². The number of carbonyl (C=O) groups is 1. The molecule has 0 aromatic heterocycles. The third kappa shape index (κ3) is 3.52. The smallest absolute Gasteiger partial charge is 0.317 e. The lowest BCUT2D eigenvalue weighted by molar-refractivity contribution is 0.154. The third-order valence-corrected chi connectivity index (χ3v) is 7.08. The first-order chi connectivity index (χ1) is 10.1.